The number of nitrogens with one attached hydrogen (secondary N) is 1. The van der Waals surface area contributed by atoms with Crippen LogP contribution in [0.4, 0.5) is 11.8 Å². The summed E-state index contributed by atoms with van der Waals surface area (Å²) < 4.78 is 5.37. The molecular formula is C18H27N5O. The summed E-state index contributed by atoms with van der Waals surface area (Å²) in [7, 11) is 1.69. The van der Waals surface area contributed by atoms with Gasteiger partial charge in [-0.2, -0.15) is 10.1 Å². The normalized spacial score (nSPS) is 10.5. The number of benzene rings is 1. The van der Waals surface area contributed by atoms with Gasteiger partial charge in [0.1, 0.15) is 5.75 Å². The predicted octanol–water partition coefficient (Wildman–Crippen LogP) is 3.16. The highest BCUT2D eigenvalue weighted by Gasteiger charge is 2.08. The fourth-order valence-corrected chi connectivity index (χ4v) is 2.62. The summed E-state index contributed by atoms with van der Waals surface area (Å²) in [6, 6.07) is 8.04. The average molecular weight is 329 g/mol. The first-order valence-corrected chi connectivity index (χ1v) is 8.58. The molecule has 0 aliphatic rings. The van der Waals surface area contributed by atoms with E-state index in [0.29, 0.717) is 5.95 Å². The molecule has 0 unspecified atom stereocenters. The molecule has 0 bridgehead atoms. The van der Waals surface area contributed by atoms with Crippen LogP contribution in [0.2, 0.25) is 0 Å². The van der Waals surface area contributed by atoms with Crippen molar-refractivity contribution in [2.24, 2.45) is 0 Å². The molecule has 6 heteroatoms. The van der Waals surface area contributed by atoms with Crippen LogP contribution in [0, 0.1) is 0 Å². The Morgan fingerprint density at radius 1 is 1.12 bits per heavy atom. The lowest BCUT2D eigenvalue weighted by molar-refractivity contribution is 0.410. The second-order valence-electron chi connectivity index (χ2n) is 5.61. The maximum atomic E-state index is 5.37. The first-order chi connectivity index (χ1) is 11.8. The second-order valence-corrected chi connectivity index (χ2v) is 5.61. The van der Waals surface area contributed by atoms with Gasteiger partial charge in [0.2, 0.25) is 5.95 Å². The fourth-order valence-electron chi connectivity index (χ4n) is 2.62. The molecule has 0 spiro atoms. The van der Waals surface area contributed by atoms with Crippen molar-refractivity contribution in [3.8, 4) is 5.75 Å². The fraction of sp³-hybridized carbons (Fsp3) is 0.500. The topological polar surface area (TPSA) is 63.2 Å². The largest absolute Gasteiger partial charge is 0.496 e. The summed E-state index contributed by atoms with van der Waals surface area (Å²) in [6.45, 7) is 7.03. The van der Waals surface area contributed by atoms with Crippen LogP contribution in [-0.4, -0.2) is 41.9 Å². The van der Waals surface area contributed by atoms with E-state index in [1.807, 2.05) is 18.2 Å². The van der Waals surface area contributed by atoms with Crippen LogP contribution >= 0.6 is 0 Å². The van der Waals surface area contributed by atoms with E-state index in [2.05, 4.69) is 45.3 Å². The third kappa shape index (κ3) is 5.08. The Hall–Kier alpha value is -2.37. The van der Waals surface area contributed by atoms with Gasteiger partial charge < -0.3 is 15.0 Å². The lowest BCUT2D eigenvalue weighted by atomic mass is 10.1. The molecule has 0 amide bonds. The number of hydrogen-bond acceptors (Lipinski definition) is 6. The van der Waals surface area contributed by atoms with Crippen molar-refractivity contribution in [1.82, 2.24) is 15.2 Å². The Morgan fingerprint density at radius 2 is 1.88 bits per heavy atom. The smallest absolute Gasteiger partial charge is 0.244 e. The number of nitrogens with zero attached hydrogens (tertiary/aromatic N) is 4. The minimum atomic E-state index is 0.569. The summed E-state index contributed by atoms with van der Waals surface area (Å²) >= 11 is 0. The van der Waals surface area contributed by atoms with Gasteiger partial charge in [0.15, 0.2) is 5.82 Å². The summed E-state index contributed by atoms with van der Waals surface area (Å²) in [5.74, 6) is 2.36. The third-order valence-electron chi connectivity index (χ3n) is 3.73. The Bertz CT molecular complexity index is 614. The molecule has 1 aromatic carbocycles. The number of ether oxygens (including phenoxy) is 1. The van der Waals surface area contributed by atoms with Gasteiger partial charge in [0.25, 0.3) is 0 Å². The summed E-state index contributed by atoms with van der Waals surface area (Å²) in [4.78, 5) is 6.84. The Kier molecular flexibility index (Phi) is 7.26. The number of aromatic nitrogens is 3. The monoisotopic (exact) mass is 329 g/mol. The molecule has 0 atom stereocenters. The lowest BCUT2D eigenvalue weighted by Gasteiger charge is -2.22. The average Bonchev–Trinajstić information content (AvgIpc) is 2.62. The highest BCUT2D eigenvalue weighted by molar-refractivity contribution is 5.40. The molecule has 1 aromatic heterocycles. The van der Waals surface area contributed by atoms with E-state index in [-0.39, 0.29) is 0 Å². The SMILES string of the molecule is CCCN(CCC)c1cnnc(NCCc2ccccc2OC)n1. The van der Waals surface area contributed by atoms with E-state index in [1.165, 1.54) is 0 Å². The van der Waals surface area contributed by atoms with Crippen molar-refractivity contribution in [1.29, 1.82) is 0 Å². The van der Waals surface area contributed by atoms with Crippen molar-refractivity contribution in [3.63, 3.8) is 0 Å². The van der Waals surface area contributed by atoms with Crippen molar-refractivity contribution >= 4 is 11.8 Å². The molecule has 2 aromatic rings. The highest BCUT2D eigenvalue weighted by Crippen LogP contribution is 2.18. The van der Waals surface area contributed by atoms with E-state index >= 15 is 0 Å². The van der Waals surface area contributed by atoms with Gasteiger partial charge in [-0.3, -0.25) is 0 Å². The Balaban J connectivity index is 1.96. The molecule has 0 saturated carbocycles. The second kappa shape index (κ2) is 9.70. The van der Waals surface area contributed by atoms with Gasteiger partial charge >= 0.3 is 0 Å². The summed E-state index contributed by atoms with van der Waals surface area (Å²) in [6.07, 6.45) is 4.74. The zero-order valence-electron chi connectivity index (χ0n) is 14.8. The third-order valence-corrected chi connectivity index (χ3v) is 3.73. The van der Waals surface area contributed by atoms with Crippen LogP contribution in [-0.2, 0) is 6.42 Å². The molecule has 2 rings (SSSR count). The van der Waals surface area contributed by atoms with Crippen molar-refractivity contribution in [2.45, 2.75) is 33.1 Å². The number of methoxy groups -OCH3 is 1. The molecular weight excluding hydrogens is 302 g/mol. The molecule has 0 aliphatic carbocycles. The first-order valence-electron chi connectivity index (χ1n) is 8.58. The molecule has 24 heavy (non-hydrogen) atoms. The molecule has 1 heterocycles. The molecule has 0 saturated heterocycles. The van der Waals surface area contributed by atoms with E-state index in [1.54, 1.807) is 13.3 Å². The summed E-state index contributed by atoms with van der Waals surface area (Å²) in [5.41, 5.74) is 1.16. The van der Waals surface area contributed by atoms with E-state index in [0.717, 1.165) is 56.0 Å². The minimum Gasteiger partial charge on any atom is -0.496 e. The van der Waals surface area contributed by atoms with Gasteiger partial charge in [-0.15, -0.1) is 5.10 Å². The highest BCUT2D eigenvalue weighted by atomic mass is 16.5. The zero-order valence-corrected chi connectivity index (χ0v) is 14.8. The van der Waals surface area contributed by atoms with Crippen molar-refractivity contribution < 1.29 is 4.74 Å². The predicted molar refractivity (Wildman–Crippen MR) is 97.8 cm³/mol. The molecule has 0 aliphatic heterocycles. The Labute approximate surface area is 144 Å². The van der Waals surface area contributed by atoms with Gasteiger partial charge in [-0.25, -0.2) is 0 Å². The van der Waals surface area contributed by atoms with Crippen LogP contribution in [0.5, 0.6) is 5.75 Å². The van der Waals surface area contributed by atoms with Crippen LogP contribution < -0.4 is 15.0 Å². The van der Waals surface area contributed by atoms with E-state index < -0.39 is 0 Å². The van der Waals surface area contributed by atoms with Gasteiger partial charge in [0, 0.05) is 19.6 Å². The van der Waals surface area contributed by atoms with Gasteiger partial charge in [0.05, 0.1) is 13.3 Å². The number of hydrogen-bond donors (Lipinski definition) is 1. The summed E-state index contributed by atoms with van der Waals surface area (Å²) in [5, 5.41) is 11.4. The molecule has 0 fully saturated rings. The van der Waals surface area contributed by atoms with Crippen LogP contribution in [0.3, 0.4) is 0 Å². The maximum Gasteiger partial charge on any atom is 0.244 e. The lowest BCUT2D eigenvalue weighted by Crippen LogP contribution is -2.26. The van der Waals surface area contributed by atoms with E-state index in [4.69, 9.17) is 4.74 Å². The molecule has 1 N–H and O–H groups in total. The first kappa shape index (κ1) is 18.0. The molecule has 130 valence electrons. The number of para-hydroxylation sites is 1. The van der Waals surface area contributed by atoms with Crippen LogP contribution in [0.25, 0.3) is 0 Å². The molecule has 0 radical (unpaired) electrons. The van der Waals surface area contributed by atoms with Gasteiger partial charge in [-0.1, -0.05) is 32.0 Å². The van der Waals surface area contributed by atoms with Crippen molar-refractivity contribution in [2.75, 3.05) is 37.0 Å². The van der Waals surface area contributed by atoms with Gasteiger partial charge in [-0.05, 0) is 30.9 Å². The van der Waals surface area contributed by atoms with Crippen molar-refractivity contribution in [3.05, 3.63) is 36.0 Å². The standard InChI is InChI=1S/C18H27N5O/c1-4-12-23(13-5-2)17-14-20-22-18(21-17)19-11-10-15-8-6-7-9-16(15)24-3/h6-9,14H,4-5,10-13H2,1-3H3,(H,19,21,22). The van der Waals surface area contributed by atoms with E-state index in [9.17, 15) is 0 Å². The molecule has 6 nitrogen and oxygen atoms in total. The zero-order chi connectivity index (χ0) is 17.2. The number of rotatable bonds is 10. The van der Waals surface area contributed by atoms with Crippen LogP contribution in [0.15, 0.2) is 30.5 Å². The minimum absolute atomic E-state index is 0.569. The number of anilines is 2. The maximum absolute atomic E-state index is 5.37. The van der Waals surface area contributed by atoms with Crippen LogP contribution in [0.1, 0.15) is 32.3 Å². The quantitative estimate of drug-likeness (QED) is 0.722. The Morgan fingerprint density at radius 3 is 2.58 bits per heavy atom.